The van der Waals surface area contributed by atoms with Gasteiger partial charge in [-0.1, -0.05) is 25.0 Å². The molecular weight excluding hydrogens is 210 g/mol. The van der Waals surface area contributed by atoms with Crippen molar-refractivity contribution < 1.29 is 5.11 Å². The molecule has 1 saturated heterocycles. The van der Waals surface area contributed by atoms with E-state index in [9.17, 15) is 5.11 Å². The number of phenols is 1. The van der Waals surface area contributed by atoms with E-state index in [1.165, 1.54) is 37.7 Å². The molecule has 1 aliphatic heterocycles. The molecule has 2 atom stereocenters. The van der Waals surface area contributed by atoms with Crippen molar-refractivity contribution in [2.45, 2.75) is 37.5 Å². The Morgan fingerprint density at radius 1 is 1.24 bits per heavy atom. The van der Waals surface area contributed by atoms with E-state index in [1.54, 1.807) is 6.07 Å². The second-order valence-corrected chi connectivity index (χ2v) is 5.60. The van der Waals surface area contributed by atoms with Crippen molar-refractivity contribution in [3.8, 4) is 5.75 Å². The Kier molecular flexibility index (Phi) is 2.83. The third kappa shape index (κ3) is 1.85. The molecule has 2 nitrogen and oxygen atoms in total. The molecule has 1 aromatic carbocycles. The lowest BCUT2D eigenvalue weighted by Gasteiger charge is -2.48. The predicted octanol–water partition coefficient (Wildman–Crippen LogP) is 2.81. The van der Waals surface area contributed by atoms with E-state index in [1.807, 2.05) is 12.1 Å². The summed E-state index contributed by atoms with van der Waals surface area (Å²) in [6, 6.07) is 7.97. The molecule has 0 spiro atoms. The molecule has 92 valence electrons. The molecule has 2 fully saturated rings. The molecular formula is C15H21NO. The Morgan fingerprint density at radius 2 is 2.18 bits per heavy atom. The van der Waals surface area contributed by atoms with Crippen molar-refractivity contribution in [1.82, 2.24) is 5.32 Å². The van der Waals surface area contributed by atoms with E-state index in [2.05, 4.69) is 11.4 Å². The summed E-state index contributed by atoms with van der Waals surface area (Å²) in [6.45, 7) is 2.27. The molecule has 1 aliphatic carbocycles. The maximum absolute atomic E-state index is 9.72. The molecule has 2 unspecified atom stereocenters. The van der Waals surface area contributed by atoms with Crippen LogP contribution >= 0.6 is 0 Å². The summed E-state index contributed by atoms with van der Waals surface area (Å²) in [7, 11) is 0. The largest absolute Gasteiger partial charge is 0.508 e. The van der Waals surface area contributed by atoms with E-state index in [4.69, 9.17) is 0 Å². The summed E-state index contributed by atoms with van der Waals surface area (Å²) in [5, 5.41) is 13.2. The highest BCUT2D eigenvalue weighted by atomic mass is 16.3. The Morgan fingerprint density at radius 3 is 3.06 bits per heavy atom. The van der Waals surface area contributed by atoms with Crippen LogP contribution in [0.5, 0.6) is 5.75 Å². The maximum atomic E-state index is 9.72. The number of fused-ring (bicyclic) bond motifs is 1. The van der Waals surface area contributed by atoms with E-state index >= 15 is 0 Å². The summed E-state index contributed by atoms with van der Waals surface area (Å²) < 4.78 is 0. The third-order valence-corrected chi connectivity index (χ3v) is 4.77. The van der Waals surface area contributed by atoms with Gasteiger partial charge in [0.25, 0.3) is 0 Å². The summed E-state index contributed by atoms with van der Waals surface area (Å²) in [5.41, 5.74) is 1.70. The average Bonchev–Trinajstić information content (AvgIpc) is 2.39. The Bertz CT molecular complexity index is 390. The van der Waals surface area contributed by atoms with Gasteiger partial charge in [0, 0.05) is 5.41 Å². The predicted molar refractivity (Wildman–Crippen MR) is 69.2 cm³/mol. The monoisotopic (exact) mass is 231 g/mol. The lowest BCUT2D eigenvalue weighted by atomic mass is 9.59. The number of piperidine rings is 1. The molecule has 1 aromatic rings. The highest BCUT2D eigenvalue weighted by molar-refractivity contribution is 5.35. The molecule has 2 N–H and O–H groups in total. The van der Waals surface area contributed by atoms with Crippen LogP contribution < -0.4 is 5.32 Å². The highest BCUT2D eigenvalue weighted by Gasteiger charge is 2.43. The van der Waals surface area contributed by atoms with Crippen LogP contribution in [0.15, 0.2) is 24.3 Å². The number of rotatable bonds is 1. The molecule has 2 heteroatoms. The zero-order valence-electron chi connectivity index (χ0n) is 10.3. The minimum Gasteiger partial charge on any atom is -0.508 e. The second kappa shape index (κ2) is 4.34. The van der Waals surface area contributed by atoms with E-state index in [0.717, 1.165) is 19.0 Å². The van der Waals surface area contributed by atoms with Gasteiger partial charge in [0.2, 0.25) is 0 Å². The normalized spacial score (nSPS) is 33.1. The van der Waals surface area contributed by atoms with E-state index < -0.39 is 0 Å². The first kappa shape index (κ1) is 11.1. The van der Waals surface area contributed by atoms with Crippen molar-refractivity contribution >= 4 is 0 Å². The number of hydrogen-bond acceptors (Lipinski definition) is 2. The Balaban J connectivity index is 2.00. The summed E-state index contributed by atoms with van der Waals surface area (Å²) in [4.78, 5) is 0. The smallest absolute Gasteiger partial charge is 0.115 e. The van der Waals surface area contributed by atoms with Gasteiger partial charge in [0.05, 0.1) is 0 Å². The minimum atomic E-state index is 0.336. The van der Waals surface area contributed by atoms with Crippen LogP contribution in [0.2, 0.25) is 0 Å². The molecule has 2 aliphatic rings. The summed E-state index contributed by atoms with van der Waals surface area (Å²) >= 11 is 0. The highest BCUT2D eigenvalue weighted by Crippen LogP contribution is 2.47. The second-order valence-electron chi connectivity index (χ2n) is 5.60. The van der Waals surface area contributed by atoms with Crippen LogP contribution in [0.25, 0.3) is 0 Å². The van der Waals surface area contributed by atoms with Crippen LogP contribution in [0, 0.1) is 5.92 Å². The van der Waals surface area contributed by atoms with Gasteiger partial charge in [-0.05, 0) is 56.0 Å². The molecule has 0 amide bonds. The van der Waals surface area contributed by atoms with Crippen LogP contribution in [0.1, 0.15) is 37.7 Å². The minimum absolute atomic E-state index is 0.336. The SMILES string of the molecule is Oc1cccc(C23CCCCC2CNCC3)c1. The van der Waals surface area contributed by atoms with Crippen molar-refractivity contribution in [1.29, 1.82) is 0 Å². The molecule has 1 saturated carbocycles. The van der Waals surface area contributed by atoms with Crippen LogP contribution in [-0.4, -0.2) is 18.2 Å². The zero-order valence-corrected chi connectivity index (χ0v) is 10.3. The van der Waals surface area contributed by atoms with Gasteiger partial charge in [-0.2, -0.15) is 0 Å². The number of benzene rings is 1. The van der Waals surface area contributed by atoms with Gasteiger partial charge >= 0.3 is 0 Å². The number of aromatic hydroxyl groups is 1. The Labute approximate surface area is 103 Å². The molecule has 1 heterocycles. The van der Waals surface area contributed by atoms with E-state index in [0.29, 0.717) is 11.2 Å². The Hall–Kier alpha value is -1.02. The first-order valence-electron chi connectivity index (χ1n) is 6.81. The van der Waals surface area contributed by atoms with Gasteiger partial charge in [-0.15, -0.1) is 0 Å². The standard InChI is InChI=1S/C15H21NO/c17-14-6-3-5-12(10-14)15-7-2-1-4-13(15)11-16-9-8-15/h3,5-6,10,13,16-17H,1-2,4,7-9,11H2. The van der Waals surface area contributed by atoms with Crippen LogP contribution in [0.3, 0.4) is 0 Å². The van der Waals surface area contributed by atoms with E-state index in [-0.39, 0.29) is 0 Å². The zero-order chi connectivity index (χ0) is 11.7. The lowest BCUT2D eigenvalue weighted by Crippen LogP contribution is -2.49. The maximum Gasteiger partial charge on any atom is 0.115 e. The van der Waals surface area contributed by atoms with Crippen molar-refractivity contribution in [2.75, 3.05) is 13.1 Å². The fourth-order valence-electron chi connectivity index (χ4n) is 3.87. The van der Waals surface area contributed by atoms with Gasteiger partial charge in [0.15, 0.2) is 0 Å². The number of hydrogen-bond donors (Lipinski definition) is 2. The van der Waals surface area contributed by atoms with Crippen LogP contribution in [0.4, 0.5) is 0 Å². The fraction of sp³-hybridized carbons (Fsp3) is 0.600. The van der Waals surface area contributed by atoms with Gasteiger partial charge in [-0.25, -0.2) is 0 Å². The van der Waals surface area contributed by atoms with Crippen LogP contribution in [-0.2, 0) is 5.41 Å². The van der Waals surface area contributed by atoms with Gasteiger partial charge in [-0.3, -0.25) is 0 Å². The first-order valence-corrected chi connectivity index (χ1v) is 6.81. The first-order chi connectivity index (χ1) is 8.31. The topological polar surface area (TPSA) is 32.3 Å². The quantitative estimate of drug-likeness (QED) is 0.779. The van der Waals surface area contributed by atoms with Gasteiger partial charge in [0.1, 0.15) is 5.75 Å². The molecule has 3 rings (SSSR count). The molecule has 0 radical (unpaired) electrons. The molecule has 0 aromatic heterocycles. The third-order valence-electron chi connectivity index (χ3n) is 4.77. The summed E-state index contributed by atoms with van der Waals surface area (Å²) in [5.74, 6) is 1.17. The number of nitrogens with one attached hydrogen (secondary N) is 1. The van der Waals surface area contributed by atoms with Crippen molar-refractivity contribution in [2.24, 2.45) is 5.92 Å². The van der Waals surface area contributed by atoms with Crippen molar-refractivity contribution in [3.63, 3.8) is 0 Å². The van der Waals surface area contributed by atoms with Crippen molar-refractivity contribution in [3.05, 3.63) is 29.8 Å². The van der Waals surface area contributed by atoms with Gasteiger partial charge < -0.3 is 10.4 Å². The summed E-state index contributed by atoms with van der Waals surface area (Å²) in [6.07, 6.45) is 6.56. The number of phenolic OH excluding ortho intramolecular Hbond substituents is 1. The molecule has 17 heavy (non-hydrogen) atoms. The molecule has 0 bridgehead atoms. The average molecular weight is 231 g/mol. The fourth-order valence-corrected chi connectivity index (χ4v) is 3.87. The lowest BCUT2D eigenvalue weighted by molar-refractivity contribution is 0.137.